The van der Waals surface area contributed by atoms with Crippen LogP contribution in [0.15, 0.2) is 24.3 Å². The number of likely N-dealkylation sites (tertiary alicyclic amines) is 1. The number of benzene rings is 1. The van der Waals surface area contributed by atoms with Crippen molar-refractivity contribution >= 4 is 5.91 Å². The molecule has 1 amide bonds. The first-order chi connectivity index (χ1) is 12.8. The molecule has 1 heterocycles. The van der Waals surface area contributed by atoms with Gasteiger partial charge in [0.2, 0.25) is 5.91 Å². The van der Waals surface area contributed by atoms with Gasteiger partial charge < -0.3 is 15.0 Å². The van der Waals surface area contributed by atoms with Gasteiger partial charge in [-0.25, -0.2) is 0 Å². The van der Waals surface area contributed by atoms with Gasteiger partial charge in [-0.05, 0) is 83.4 Å². The zero-order chi connectivity index (χ0) is 19.9. The summed E-state index contributed by atoms with van der Waals surface area (Å²) in [5.41, 5.74) is 1.38. The summed E-state index contributed by atoms with van der Waals surface area (Å²) >= 11 is 0. The van der Waals surface area contributed by atoms with Crippen LogP contribution >= 0.6 is 0 Å². The molecular weight excluding hydrogens is 336 g/mol. The Labute approximate surface area is 165 Å². The normalized spacial score (nSPS) is 17.0. The van der Waals surface area contributed by atoms with Gasteiger partial charge in [0.15, 0.2) is 0 Å². The van der Waals surface area contributed by atoms with Crippen molar-refractivity contribution in [3.8, 4) is 5.75 Å². The smallest absolute Gasteiger partial charge is 0.239 e. The van der Waals surface area contributed by atoms with Gasteiger partial charge in [0.1, 0.15) is 5.75 Å². The second-order valence-electron chi connectivity index (χ2n) is 8.49. The number of piperidine rings is 1. The van der Waals surface area contributed by atoms with E-state index in [0.29, 0.717) is 6.61 Å². The summed E-state index contributed by atoms with van der Waals surface area (Å²) in [5, 5.41) is 3.47. The predicted octanol–water partition coefficient (Wildman–Crippen LogP) is 4.42. The van der Waals surface area contributed by atoms with E-state index < -0.39 is 0 Å². The van der Waals surface area contributed by atoms with Gasteiger partial charge >= 0.3 is 0 Å². The maximum Gasteiger partial charge on any atom is 0.239 e. The van der Waals surface area contributed by atoms with E-state index in [4.69, 9.17) is 4.74 Å². The fraction of sp³-hybridized carbons (Fsp3) is 0.696. The summed E-state index contributed by atoms with van der Waals surface area (Å²) in [4.78, 5) is 14.8. The van der Waals surface area contributed by atoms with Gasteiger partial charge in [-0.1, -0.05) is 19.1 Å². The molecule has 0 radical (unpaired) electrons. The van der Waals surface area contributed by atoms with Crippen LogP contribution in [0.2, 0.25) is 0 Å². The Bertz CT molecular complexity index is 575. The van der Waals surface area contributed by atoms with Crippen molar-refractivity contribution in [1.29, 1.82) is 0 Å². The van der Waals surface area contributed by atoms with Gasteiger partial charge in [-0.2, -0.15) is 0 Å². The molecule has 2 rings (SSSR count). The maximum absolute atomic E-state index is 12.7. The highest BCUT2D eigenvalue weighted by Crippen LogP contribution is 2.24. The summed E-state index contributed by atoms with van der Waals surface area (Å²) in [5.74, 6) is 1.92. The fourth-order valence-electron chi connectivity index (χ4n) is 3.76. The zero-order valence-electron chi connectivity index (χ0n) is 17.9. The minimum absolute atomic E-state index is 0.00508. The number of hydrogen-bond donors (Lipinski definition) is 1. The number of nitrogens with zero attached hydrogens (tertiary/aromatic N) is 1. The van der Waals surface area contributed by atoms with E-state index in [1.165, 1.54) is 12.0 Å². The molecule has 1 aromatic rings. The molecule has 27 heavy (non-hydrogen) atoms. The summed E-state index contributed by atoms with van der Waals surface area (Å²) in [7, 11) is 0. The van der Waals surface area contributed by atoms with E-state index in [1.54, 1.807) is 0 Å². The highest BCUT2D eigenvalue weighted by molar-refractivity contribution is 5.81. The van der Waals surface area contributed by atoms with E-state index in [9.17, 15) is 4.79 Å². The Kier molecular flexibility index (Phi) is 8.15. The van der Waals surface area contributed by atoms with Crippen molar-refractivity contribution in [3.05, 3.63) is 29.8 Å². The number of carbonyl (C=O) groups is 1. The maximum atomic E-state index is 12.7. The van der Waals surface area contributed by atoms with E-state index in [2.05, 4.69) is 55.3 Å². The summed E-state index contributed by atoms with van der Waals surface area (Å²) in [6.07, 6.45) is 5.55. The SMILES string of the molecule is CCOc1ccc(CCC2CCN(C(=O)C(C)NC(C)(C)CC)CC2)cc1. The molecule has 1 aliphatic rings. The first kappa shape index (κ1) is 21.7. The van der Waals surface area contributed by atoms with E-state index >= 15 is 0 Å². The molecule has 1 aromatic carbocycles. The molecule has 1 N–H and O–H groups in total. The Balaban J connectivity index is 1.74. The van der Waals surface area contributed by atoms with Gasteiger partial charge in [0, 0.05) is 18.6 Å². The van der Waals surface area contributed by atoms with Crippen LogP contribution in [0.4, 0.5) is 0 Å². The first-order valence-corrected chi connectivity index (χ1v) is 10.6. The molecule has 0 aliphatic carbocycles. The third kappa shape index (κ3) is 6.84. The molecule has 1 fully saturated rings. The highest BCUT2D eigenvalue weighted by atomic mass is 16.5. The second kappa shape index (κ2) is 10.1. The molecule has 1 unspecified atom stereocenters. The number of rotatable bonds is 9. The second-order valence-corrected chi connectivity index (χ2v) is 8.49. The standard InChI is InChI=1S/C23H38N2O2/c1-6-23(4,5)24-18(3)22(26)25-16-14-20(15-17-25)9-8-19-10-12-21(13-11-19)27-7-2/h10-13,18,20,24H,6-9,14-17H2,1-5H3. The molecule has 4 nitrogen and oxygen atoms in total. The van der Waals surface area contributed by atoms with Crippen LogP contribution in [0.3, 0.4) is 0 Å². The quantitative estimate of drug-likeness (QED) is 0.695. The Morgan fingerprint density at radius 1 is 1.22 bits per heavy atom. The topological polar surface area (TPSA) is 41.6 Å². The van der Waals surface area contributed by atoms with Gasteiger partial charge in [-0.15, -0.1) is 0 Å². The molecule has 0 aromatic heterocycles. The van der Waals surface area contributed by atoms with Gasteiger partial charge in [-0.3, -0.25) is 4.79 Å². The van der Waals surface area contributed by atoms with Crippen molar-refractivity contribution in [1.82, 2.24) is 10.2 Å². The van der Waals surface area contributed by atoms with Crippen LogP contribution in [0.1, 0.15) is 65.9 Å². The lowest BCUT2D eigenvalue weighted by molar-refractivity contribution is -0.135. The van der Waals surface area contributed by atoms with Crippen molar-refractivity contribution in [2.45, 2.75) is 78.3 Å². The molecule has 1 saturated heterocycles. The van der Waals surface area contributed by atoms with Crippen LogP contribution in [0, 0.1) is 5.92 Å². The number of ether oxygens (including phenoxy) is 1. The number of nitrogens with one attached hydrogen (secondary N) is 1. The third-order valence-electron chi connectivity index (χ3n) is 5.86. The van der Waals surface area contributed by atoms with Crippen molar-refractivity contribution in [2.24, 2.45) is 5.92 Å². The van der Waals surface area contributed by atoms with Crippen LogP contribution in [-0.4, -0.2) is 42.1 Å². The average molecular weight is 375 g/mol. The molecule has 0 spiro atoms. The molecule has 0 saturated carbocycles. The Hall–Kier alpha value is -1.55. The summed E-state index contributed by atoms with van der Waals surface area (Å²) < 4.78 is 5.50. The fourth-order valence-corrected chi connectivity index (χ4v) is 3.76. The number of carbonyl (C=O) groups excluding carboxylic acids is 1. The van der Waals surface area contributed by atoms with Crippen LogP contribution in [0.25, 0.3) is 0 Å². The van der Waals surface area contributed by atoms with Crippen molar-refractivity contribution in [3.63, 3.8) is 0 Å². The van der Waals surface area contributed by atoms with E-state index in [0.717, 1.165) is 50.4 Å². The lowest BCUT2D eigenvalue weighted by Crippen LogP contribution is -2.53. The molecule has 152 valence electrons. The number of hydrogen-bond acceptors (Lipinski definition) is 3. The molecule has 1 aliphatic heterocycles. The predicted molar refractivity (Wildman–Crippen MR) is 112 cm³/mol. The number of aryl methyl sites for hydroxylation is 1. The van der Waals surface area contributed by atoms with Gasteiger partial charge in [0.05, 0.1) is 12.6 Å². The minimum atomic E-state index is -0.111. The average Bonchev–Trinajstić information content (AvgIpc) is 2.67. The third-order valence-corrected chi connectivity index (χ3v) is 5.86. The Morgan fingerprint density at radius 3 is 2.41 bits per heavy atom. The van der Waals surface area contributed by atoms with Crippen molar-refractivity contribution in [2.75, 3.05) is 19.7 Å². The molecule has 0 bridgehead atoms. The molecule has 1 atom stereocenters. The molecular formula is C23H38N2O2. The van der Waals surface area contributed by atoms with Gasteiger partial charge in [0.25, 0.3) is 0 Å². The largest absolute Gasteiger partial charge is 0.494 e. The first-order valence-electron chi connectivity index (χ1n) is 10.6. The van der Waals surface area contributed by atoms with Crippen LogP contribution in [0.5, 0.6) is 5.75 Å². The summed E-state index contributed by atoms with van der Waals surface area (Å²) in [6.45, 7) is 13.0. The monoisotopic (exact) mass is 374 g/mol. The minimum Gasteiger partial charge on any atom is -0.494 e. The zero-order valence-corrected chi connectivity index (χ0v) is 17.9. The van der Waals surface area contributed by atoms with Crippen molar-refractivity contribution < 1.29 is 9.53 Å². The number of amides is 1. The van der Waals surface area contributed by atoms with E-state index in [-0.39, 0.29) is 17.5 Å². The highest BCUT2D eigenvalue weighted by Gasteiger charge is 2.28. The van der Waals surface area contributed by atoms with Crippen LogP contribution < -0.4 is 10.1 Å². The Morgan fingerprint density at radius 2 is 1.85 bits per heavy atom. The summed E-state index contributed by atoms with van der Waals surface area (Å²) in [6, 6.07) is 8.36. The van der Waals surface area contributed by atoms with E-state index in [1.807, 2.05) is 13.8 Å². The lowest BCUT2D eigenvalue weighted by atomic mass is 9.90. The van der Waals surface area contributed by atoms with Crippen LogP contribution in [-0.2, 0) is 11.2 Å². The molecule has 4 heteroatoms. The lowest BCUT2D eigenvalue weighted by Gasteiger charge is -2.36.